The van der Waals surface area contributed by atoms with Gasteiger partial charge in [0.25, 0.3) is 0 Å². The summed E-state index contributed by atoms with van der Waals surface area (Å²) in [6.45, 7) is 2.59. The summed E-state index contributed by atoms with van der Waals surface area (Å²) in [5, 5.41) is 24.8. The number of aromatic nitrogens is 2. The number of thiazole rings is 1. The van der Waals surface area contributed by atoms with Crippen molar-refractivity contribution in [3.05, 3.63) is 75.8 Å². The molecule has 0 aliphatic carbocycles. The molecule has 0 saturated carbocycles. The highest BCUT2D eigenvalue weighted by Crippen LogP contribution is 2.40. The first kappa shape index (κ1) is 27.9. The molecule has 1 aliphatic heterocycles. The average molecular weight is 588 g/mol. The molecule has 1 fully saturated rings. The lowest BCUT2D eigenvalue weighted by molar-refractivity contribution is 0.146. The van der Waals surface area contributed by atoms with Crippen LogP contribution >= 0.6 is 34.7 Å². The van der Waals surface area contributed by atoms with Crippen molar-refractivity contribution in [1.82, 2.24) is 9.97 Å². The first-order valence-electron chi connectivity index (χ1n) is 12.8. The standard InChI is InChI=1S/C30H26ClN5O2S2/c1-37-14-15-38-24-10-6-20(7-11-24)27-25(16-32)28(36-12-2-3-13-36)35-30(26(27)17-33)40-19-23-18-39-29(34-23)21-4-8-22(31)9-5-21/h4-11,18H,2-3,12-15,19H2,1H3. The van der Waals surface area contributed by atoms with Crippen LogP contribution in [0, 0.1) is 22.7 Å². The Hall–Kier alpha value is -3.60. The van der Waals surface area contributed by atoms with Crippen molar-refractivity contribution in [2.75, 3.05) is 38.3 Å². The zero-order valence-electron chi connectivity index (χ0n) is 21.9. The minimum atomic E-state index is 0.394. The number of methoxy groups -OCH3 is 1. The summed E-state index contributed by atoms with van der Waals surface area (Å²) < 4.78 is 10.8. The summed E-state index contributed by atoms with van der Waals surface area (Å²) in [6.07, 6.45) is 2.09. The lowest BCUT2D eigenvalue weighted by Crippen LogP contribution is -2.21. The molecule has 202 valence electrons. The van der Waals surface area contributed by atoms with Gasteiger partial charge >= 0.3 is 0 Å². The van der Waals surface area contributed by atoms with E-state index in [0.717, 1.165) is 47.8 Å². The van der Waals surface area contributed by atoms with Gasteiger partial charge in [-0.2, -0.15) is 10.5 Å². The number of rotatable bonds is 10. The van der Waals surface area contributed by atoms with Crippen molar-refractivity contribution >= 4 is 40.5 Å². The minimum absolute atomic E-state index is 0.394. The van der Waals surface area contributed by atoms with E-state index in [0.29, 0.717) is 57.3 Å². The third kappa shape index (κ3) is 6.24. The van der Waals surface area contributed by atoms with Gasteiger partial charge < -0.3 is 14.4 Å². The van der Waals surface area contributed by atoms with Crippen LogP contribution in [0.5, 0.6) is 5.75 Å². The van der Waals surface area contributed by atoms with Gasteiger partial charge in [-0.3, -0.25) is 0 Å². The van der Waals surface area contributed by atoms with E-state index in [1.807, 2.05) is 53.9 Å². The Balaban J connectivity index is 1.49. The third-order valence-corrected chi connectivity index (χ3v) is 8.67. The van der Waals surface area contributed by atoms with Gasteiger partial charge in [-0.25, -0.2) is 9.97 Å². The van der Waals surface area contributed by atoms with Gasteiger partial charge in [0.05, 0.1) is 17.9 Å². The summed E-state index contributed by atoms with van der Waals surface area (Å²) in [7, 11) is 1.63. The van der Waals surface area contributed by atoms with E-state index in [-0.39, 0.29) is 0 Å². The van der Waals surface area contributed by atoms with E-state index in [9.17, 15) is 10.5 Å². The number of benzene rings is 2. The highest BCUT2D eigenvalue weighted by atomic mass is 35.5. The van der Waals surface area contributed by atoms with Crippen LogP contribution in [-0.2, 0) is 10.5 Å². The SMILES string of the molecule is COCCOc1ccc(-c2c(C#N)c(SCc3csc(-c4ccc(Cl)cc4)n3)nc(N3CCCC3)c2C#N)cc1. The fourth-order valence-corrected chi connectivity index (χ4v) is 6.45. The maximum absolute atomic E-state index is 10.3. The molecule has 0 atom stereocenters. The normalized spacial score (nSPS) is 12.8. The zero-order chi connectivity index (χ0) is 27.9. The molecule has 10 heteroatoms. The molecule has 0 radical (unpaired) electrons. The highest BCUT2D eigenvalue weighted by Gasteiger charge is 2.26. The Kier molecular flexibility index (Phi) is 9.20. The molecule has 7 nitrogen and oxygen atoms in total. The van der Waals surface area contributed by atoms with Crippen molar-refractivity contribution in [3.63, 3.8) is 0 Å². The molecule has 1 saturated heterocycles. The highest BCUT2D eigenvalue weighted by molar-refractivity contribution is 7.98. The first-order valence-corrected chi connectivity index (χ1v) is 15.0. The molecule has 0 spiro atoms. The van der Waals surface area contributed by atoms with Crippen LogP contribution in [0.25, 0.3) is 21.7 Å². The number of nitrogens with zero attached hydrogens (tertiary/aromatic N) is 5. The lowest BCUT2D eigenvalue weighted by atomic mass is 9.96. The van der Waals surface area contributed by atoms with E-state index in [2.05, 4.69) is 17.0 Å². The van der Waals surface area contributed by atoms with Gasteiger partial charge in [0.2, 0.25) is 0 Å². The van der Waals surface area contributed by atoms with E-state index in [1.54, 1.807) is 18.4 Å². The number of ether oxygens (including phenoxy) is 2. The molecule has 0 unspecified atom stereocenters. The second kappa shape index (κ2) is 13.2. The monoisotopic (exact) mass is 587 g/mol. The predicted molar refractivity (Wildman–Crippen MR) is 160 cm³/mol. The molecular weight excluding hydrogens is 562 g/mol. The fraction of sp³-hybridized carbons (Fsp3) is 0.267. The summed E-state index contributed by atoms with van der Waals surface area (Å²) in [6, 6.07) is 19.8. The van der Waals surface area contributed by atoms with E-state index in [4.69, 9.17) is 31.0 Å². The van der Waals surface area contributed by atoms with Crippen LogP contribution in [0.2, 0.25) is 5.02 Å². The number of pyridine rings is 1. The summed E-state index contributed by atoms with van der Waals surface area (Å²) in [5.74, 6) is 1.88. The third-order valence-electron chi connectivity index (χ3n) is 6.47. The first-order chi connectivity index (χ1) is 19.6. The number of halogens is 1. The second-order valence-electron chi connectivity index (χ2n) is 9.09. The number of hydrogen-bond donors (Lipinski definition) is 0. The number of thioether (sulfide) groups is 1. The Labute approximate surface area is 247 Å². The molecular formula is C30H26ClN5O2S2. The molecule has 4 aromatic rings. The van der Waals surface area contributed by atoms with Crippen LogP contribution < -0.4 is 9.64 Å². The average Bonchev–Trinajstić information content (AvgIpc) is 3.69. The Morgan fingerprint density at radius 2 is 1.65 bits per heavy atom. The predicted octanol–water partition coefficient (Wildman–Crippen LogP) is 7.19. The molecule has 2 aromatic carbocycles. The Morgan fingerprint density at radius 1 is 0.950 bits per heavy atom. The smallest absolute Gasteiger partial charge is 0.148 e. The summed E-state index contributed by atoms with van der Waals surface area (Å²) in [5.41, 5.74) is 4.11. The van der Waals surface area contributed by atoms with Gasteiger partial charge in [-0.05, 0) is 42.7 Å². The van der Waals surface area contributed by atoms with Crippen molar-refractivity contribution in [1.29, 1.82) is 10.5 Å². The molecule has 1 aliphatic rings. The molecule has 0 N–H and O–H groups in total. The van der Waals surface area contributed by atoms with E-state index in [1.165, 1.54) is 11.8 Å². The van der Waals surface area contributed by atoms with Crippen LogP contribution in [0.15, 0.2) is 58.9 Å². The van der Waals surface area contributed by atoms with Gasteiger partial charge in [0.1, 0.15) is 45.9 Å². The molecule has 3 heterocycles. The summed E-state index contributed by atoms with van der Waals surface area (Å²) >= 11 is 9.07. The van der Waals surface area contributed by atoms with Crippen molar-refractivity contribution in [2.45, 2.75) is 23.6 Å². The van der Waals surface area contributed by atoms with Gasteiger partial charge in [0.15, 0.2) is 0 Å². The largest absolute Gasteiger partial charge is 0.491 e. The number of anilines is 1. The van der Waals surface area contributed by atoms with Crippen LogP contribution in [0.3, 0.4) is 0 Å². The summed E-state index contributed by atoms with van der Waals surface area (Å²) in [4.78, 5) is 11.8. The van der Waals surface area contributed by atoms with E-state index < -0.39 is 0 Å². The van der Waals surface area contributed by atoms with Crippen LogP contribution in [0.1, 0.15) is 29.7 Å². The second-order valence-corrected chi connectivity index (χ2v) is 11.3. The Morgan fingerprint density at radius 3 is 2.33 bits per heavy atom. The molecule has 2 aromatic heterocycles. The Bertz CT molecular complexity index is 1550. The molecule has 0 bridgehead atoms. The maximum Gasteiger partial charge on any atom is 0.148 e. The fourth-order valence-electron chi connectivity index (χ4n) is 4.51. The van der Waals surface area contributed by atoms with Gasteiger partial charge in [-0.1, -0.05) is 47.6 Å². The number of hydrogen-bond acceptors (Lipinski definition) is 9. The van der Waals surface area contributed by atoms with Crippen molar-refractivity contribution in [2.24, 2.45) is 0 Å². The van der Waals surface area contributed by atoms with Crippen molar-refractivity contribution < 1.29 is 9.47 Å². The zero-order valence-corrected chi connectivity index (χ0v) is 24.3. The maximum atomic E-state index is 10.3. The van der Waals surface area contributed by atoms with Crippen LogP contribution in [0.4, 0.5) is 5.82 Å². The van der Waals surface area contributed by atoms with Crippen molar-refractivity contribution in [3.8, 4) is 39.6 Å². The van der Waals surface area contributed by atoms with Gasteiger partial charge in [0, 0.05) is 47.5 Å². The van der Waals surface area contributed by atoms with E-state index >= 15 is 0 Å². The molecule has 0 amide bonds. The molecule has 40 heavy (non-hydrogen) atoms. The van der Waals surface area contributed by atoms with Crippen LogP contribution in [-0.4, -0.2) is 43.4 Å². The minimum Gasteiger partial charge on any atom is -0.491 e. The lowest BCUT2D eigenvalue weighted by Gasteiger charge is -2.22. The number of nitriles is 2. The molecule has 5 rings (SSSR count). The topological polar surface area (TPSA) is 95.1 Å². The van der Waals surface area contributed by atoms with Gasteiger partial charge in [-0.15, -0.1) is 11.3 Å². The quantitative estimate of drug-likeness (QED) is 0.142.